The molecule has 9 nitrogen and oxygen atoms in total. The monoisotopic (exact) mass is 508 g/mol. The molecule has 5 rings (SSSR count). The van der Waals surface area contributed by atoms with Gasteiger partial charge in [0.2, 0.25) is 11.7 Å². The fourth-order valence-corrected chi connectivity index (χ4v) is 4.65. The number of H-pyrrole nitrogens is 1. The van der Waals surface area contributed by atoms with Gasteiger partial charge in [-0.05, 0) is 52.9 Å². The summed E-state index contributed by atoms with van der Waals surface area (Å²) in [7, 11) is 3.53. The molecule has 2 aromatic heterocycles. The summed E-state index contributed by atoms with van der Waals surface area (Å²) in [6.07, 6.45) is 1.91. The zero-order chi connectivity index (χ0) is 26.6. The van der Waals surface area contributed by atoms with Crippen LogP contribution in [0.1, 0.15) is 30.3 Å². The third-order valence-electron chi connectivity index (χ3n) is 6.66. The summed E-state index contributed by atoms with van der Waals surface area (Å²) in [6, 6.07) is 20.8. The van der Waals surface area contributed by atoms with Crippen LogP contribution < -0.4 is 5.32 Å². The van der Waals surface area contributed by atoms with Crippen molar-refractivity contribution in [2.75, 3.05) is 26.0 Å². The molecule has 0 unspecified atom stereocenters. The SMILES string of the molecule is CCCc1nc2c(C)cc(NCC(=O)N(C)C)cc2n1Cc1ccc(-c2ccccc2-c2nn[nH]n2)cc1. The van der Waals surface area contributed by atoms with Crippen LogP contribution in [0.15, 0.2) is 60.7 Å². The summed E-state index contributed by atoms with van der Waals surface area (Å²) in [5, 5.41) is 17.8. The highest BCUT2D eigenvalue weighted by molar-refractivity contribution is 5.86. The van der Waals surface area contributed by atoms with Crippen LogP contribution in [0.25, 0.3) is 33.5 Å². The highest BCUT2D eigenvalue weighted by atomic mass is 16.2. The molecule has 0 aliphatic heterocycles. The Labute approximate surface area is 221 Å². The van der Waals surface area contributed by atoms with E-state index in [2.05, 4.69) is 86.8 Å². The molecule has 1 amide bonds. The normalized spacial score (nSPS) is 11.2. The molecule has 0 saturated carbocycles. The molecule has 5 aromatic rings. The number of imidazole rings is 1. The van der Waals surface area contributed by atoms with Crippen molar-refractivity contribution < 1.29 is 4.79 Å². The fraction of sp³-hybridized carbons (Fsp3) is 0.276. The van der Waals surface area contributed by atoms with Gasteiger partial charge in [-0.2, -0.15) is 5.21 Å². The quantitative estimate of drug-likeness (QED) is 0.299. The number of amides is 1. The van der Waals surface area contributed by atoms with Crippen LogP contribution in [-0.4, -0.2) is 61.6 Å². The minimum atomic E-state index is 0.0314. The van der Waals surface area contributed by atoms with Crippen molar-refractivity contribution in [1.82, 2.24) is 35.1 Å². The number of carbonyl (C=O) groups is 1. The Morgan fingerprint density at radius 1 is 1.05 bits per heavy atom. The summed E-state index contributed by atoms with van der Waals surface area (Å²) in [5.74, 6) is 1.67. The van der Waals surface area contributed by atoms with Crippen molar-refractivity contribution in [2.45, 2.75) is 33.2 Å². The van der Waals surface area contributed by atoms with Gasteiger partial charge in [0.05, 0.1) is 17.6 Å². The molecule has 194 valence electrons. The first-order valence-electron chi connectivity index (χ1n) is 12.8. The van der Waals surface area contributed by atoms with Crippen LogP contribution in [0.4, 0.5) is 5.69 Å². The highest BCUT2D eigenvalue weighted by Crippen LogP contribution is 2.31. The summed E-state index contributed by atoms with van der Waals surface area (Å²) in [4.78, 5) is 18.7. The molecule has 0 saturated heterocycles. The lowest BCUT2D eigenvalue weighted by molar-refractivity contribution is -0.126. The van der Waals surface area contributed by atoms with Crippen molar-refractivity contribution in [1.29, 1.82) is 0 Å². The van der Waals surface area contributed by atoms with Gasteiger partial charge >= 0.3 is 0 Å². The van der Waals surface area contributed by atoms with E-state index in [4.69, 9.17) is 4.98 Å². The van der Waals surface area contributed by atoms with E-state index in [-0.39, 0.29) is 12.5 Å². The summed E-state index contributed by atoms with van der Waals surface area (Å²) >= 11 is 0. The van der Waals surface area contributed by atoms with E-state index < -0.39 is 0 Å². The van der Waals surface area contributed by atoms with Gasteiger partial charge in [-0.3, -0.25) is 4.79 Å². The first kappa shape index (κ1) is 25.1. The number of hydrogen-bond donors (Lipinski definition) is 2. The molecule has 0 spiro atoms. The Morgan fingerprint density at radius 3 is 2.50 bits per heavy atom. The van der Waals surface area contributed by atoms with Crippen LogP contribution in [0.5, 0.6) is 0 Å². The molecule has 0 aliphatic carbocycles. The van der Waals surface area contributed by atoms with E-state index >= 15 is 0 Å². The molecule has 0 fully saturated rings. The third kappa shape index (κ3) is 5.13. The van der Waals surface area contributed by atoms with Gasteiger partial charge in [0, 0.05) is 38.3 Å². The fourth-order valence-electron chi connectivity index (χ4n) is 4.65. The Bertz CT molecular complexity index is 1550. The maximum atomic E-state index is 12.1. The van der Waals surface area contributed by atoms with Gasteiger partial charge in [0.1, 0.15) is 5.82 Å². The minimum Gasteiger partial charge on any atom is -0.376 e. The highest BCUT2D eigenvalue weighted by Gasteiger charge is 2.15. The smallest absolute Gasteiger partial charge is 0.241 e. The van der Waals surface area contributed by atoms with E-state index in [9.17, 15) is 4.79 Å². The average molecular weight is 509 g/mol. The summed E-state index contributed by atoms with van der Waals surface area (Å²) in [5.41, 5.74) is 8.34. The van der Waals surface area contributed by atoms with E-state index in [0.29, 0.717) is 12.4 Å². The van der Waals surface area contributed by atoms with Crippen LogP contribution >= 0.6 is 0 Å². The van der Waals surface area contributed by atoms with Crippen LogP contribution in [0, 0.1) is 6.92 Å². The molecule has 2 heterocycles. The van der Waals surface area contributed by atoms with E-state index in [1.54, 1.807) is 19.0 Å². The van der Waals surface area contributed by atoms with E-state index in [1.807, 2.05) is 18.2 Å². The van der Waals surface area contributed by atoms with Gasteiger partial charge in [-0.25, -0.2) is 4.98 Å². The molecule has 9 heteroatoms. The second kappa shape index (κ2) is 10.8. The lowest BCUT2D eigenvalue weighted by Gasteiger charge is -2.14. The van der Waals surface area contributed by atoms with Crippen LogP contribution in [-0.2, 0) is 17.8 Å². The number of nitrogens with zero attached hydrogens (tertiary/aromatic N) is 6. The van der Waals surface area contributed by atoms with Gasteiger partial charge in [0.25, 0.3) is 0 Å². The number of anilines is 1. The first-order valence-corrected chi connectivity index (χ1v) is 12.8. The number of benzene rings is 3. The lowest BCUT2D eigenvalue weighted by atomic mass is 9.98. The minimum absolute atomic E-state index is 0.0314. The second-order valence-electron chi connectivity index (χ2n) is 9.64. The lowest BCUT2D eigenvalue weighted by Crippen LogP contribution is -2.28. The molecule has 0 aliphatic rings. The molecule has 2 N–H and O–H groups in total. The molecular formula is C29H32N8O. The second-order valence-corrected chi connectivity index (χ2v) is 9.64. The molecule has 0 radical (unpaired) electrons. The van der Waals surface area contributed by atoms with Gasteiger partial charge in [-0.1, -0.05) is 55.5 Å². The van der Waals surface area contributed by atoms with Crippen molar-refractivity contribution in [3.63, 3.8) is 0 Å². The topological polar surface area (TPSA) is 105 Å². The largest absolute Gasteiger partial charge is 0.376 e. The number of carbonyl (C=O) groups excluding carboxylic acids is 1. The Hall–Kier alpha value is -4.53. The Balaban J connectivity index is 1.46. The van der Waals surface area contributed by atoms with Crippen molar-refractivity contribution >= 4 is 22.6 Å². The number of hydrogen-bond acceptors (Lipinski definition) is 6. The molecular weight excluding hydrogens is 476 g/mol. The summed E-state index contributed by atoms with van der Waals surface area (Å²) < 4.78 is 2.30. The Kier molecular flexibility index (Phi) is 7.17. The molecule has 3 aromatic carbocycles. The molecule has 38 heavy (non-hydrogen) atoms. The maximum Gasteiger partial charge on any atom is 0.241 e. The molecule has 0 bridgehead atoms. The number of aromatic amines is 1. The van der Waals surface area contributed by atoms with Gasteiger partial charge in [-0.15, -0.1) is 10.2 Å². The number of aryl methyl sites for hydroxylation is 2. The van der Waals surface area contributed by atoms with E-state index in [1.165, 1.54) is 5.56 Å². The standard InChI is InChI=1S/C29H32N8O/c1-5-8-26-31-28-19(2)15-22(30-17-27(38)36(3)4)16-25(28)37(26)18-20-11-13-21(14-12-20)23-9-6-7-10-24(23)29-32-34-35-33-29/h6-7,9-16,30H,5,8,17-18H2,1-4H3,(H,32,33,34,35). The van der Waals surface area contributed by atoms with Crippen molar-refractivity contribution in [2.24, 2.45) is 0 Å². The number of aromatic nitrogens is 6. The predicted octanol–water partition coefficient (Wildman–Crippen LogP) is 4.69. The predicted molar refractivity (Wildman–Crippen MR) is 150 cm³/mol. The summed E-state index contributed by atoms with van der Waals surface area (Å²) in [6.45, 7) is 5.20. The number of nitrogens with one attached hydrogen (secondary N) is 2. The number of fused-ring (bicyclic) bond motifs is 1. The number of likely N-dealkylation sites (N-methyl/N-ethyl adjacent to an activating group) is 1. The Morgan fingerprint density at radius 2 is 1.82 bits per heavy atom. The third-order valence-corrected chi connectivity index (χ3v) is 6.66. The average Bonchev–Trinajstić information content (AvgIpc) is 3.57. The zero-order valence-electron chi connectivity index (χ0n) is 22.2. The molecule has 0 atom stereocenters. The van der Waals surface area contributed by atoms with Crippen molar-refractivity contribution in [3.8, 4) is 22.5 Å². The number of tetrazole rings is 1. The van der Waals surface area contributed by atoms with Crippen LogP contribution in [0.3, 0.4) is 0 Å². The van der Waals surface area contributed by atoms with E-state index in [0.717, 1.165) is 57.6 Å². The van der Waals surface area contributed by atoms with Gasteiger partial charge in [0.15, 0.2) is 0 Å². The van der Waals surface area contributed by atoms with Crippen LogP contribution in [0.2, 0.25) is 0 Å². The zero-order valence-corrected chi connectivity index (χ0v) is 22.2. The number of rotatable bonds is 9. The van der Waals surface area contributed by atoms with Crippen molar-refractivity contribution in [3.05, 3.63) is 77.6 Å². The maximum absolute atomic E-state index is 12.1. The van der Waals surface area contributed by atoms with Gasteiger partial charge < -0.3 is 14.8 Å². The first-order chi connectivity index (χ1) is 18.4.